The van der Waals surface area contributed by atoms with Gasteiger partial charge in [-0.2, -0.15) is 0 Å². The molecule has 0 radical (unpaired) electrons. The van der Waals surface area contributed by atoms with Crippen LogP contribution >= 0.6 is 0 Å². The van der Waals surface area contributed by atoms with Crippen LogP contribution in [0.15, 0.2) is 0 Å². The lowest BCUT2D eigenvalue weighted by Crippen LogP contribution is -2.49. The molecule has 0 aliphatic carbocycles. The molecule has 1 unspecified atom stereocenters. The molecule has 0 aromatic heterocycles. The third-order valence-electron chi connectivity index (χ3n) is 2.54. The number of rotatable bonds is 4. The Morgan fingerprint density at radius 2 is 2.31 bits per heavy atom. The summed E-state index contributed by atoms with van der Waals surface area (Å²) in [5.41, 5.74) is 0. The SMILES string of the molecule is COC1CCN(C(=O)N[C@H](CO)C(=O)O)C1. The summed E-state index contributed by atoms with van der Waals surface area (Å²) < 4.78 is 5.08. The number of nitrogens with one attached hydrogen (secondary N) is 1. The molecule has 0 aromatic rings. The maximum Gasteiger partial charge on any atom is 0.328 e. The summed E-state index contributed by atoms with van der Waals surface area (Å²) in [5, 5.41) is 19.6. The van der Waals surface area contributed by atoms with Crippen LogP contribution in [0.3, 0.4) is 0 Å². The number of hydrogen-bond donors (Lipinski definition) is 3. The molecule has 92 valence electrons. The summed E-state index contributed by atoms with van der Waals surface area (Å²) in [6.07, 6.45) is 0.740. The number of methoxy groups -OCH3 is 1. The third-order valence-corrected chi connectivity index (χ3v) is 2.54. The number of nitrogens with zero attached hydrogens (tertiary/aromatic N) is 1. The number of urea groups is 1. The lowest BCUT2D eigenvalue weighted by atomic mass is 10.3. The first-order valence-corrected chi connectivity index (χ1v) is 5.00. The number of ether oxygens (including phenoxy) is 1. The van der Waals surface area contributed by atoms with Crippen molar-refractivity contribution in [1.29, 1.82) is 0 Å². The van der Waals surface area contributed by atoms with Gasteiger partial charge in [-0.15, -0.1) is 0 Å². The minimum absolute atomic E-state index is 0.00292. The molecule has 7 heteroatoms. The van der Waals surface area contributed by atoms with Gasteiger partial charge in [0.1, 0.15) is 0 Å². The fraction of sp³-hybridized carbons (Fsp3) is 0.778. The largest absolute Gasteiger partial charge is 0.480 e. The number of carbonyl (C=O) groups is 2. The number of likely N-dealkylation sites (tertiary alicyclic amines) is 1. The molecule has 1 heterocycles. The van der Waals surface area contributed by atoms with Crippen LogP contribution in [0.1, 0.15) is 6.42 Å². The lowest BCUT2D eigenvalue weighted by Gasteiger charge is -2.19. The number of amides is 2. The fourth-order valence-corrected chi connectivity index (χ4v) is 1.53. The number of aliphatic hydroxyl groups excluding tert-OH is 1. The van der Waals surface area contributed by atoms with E-state index in [4.69, 9.17) is 14.9 Å². The second kappa shape index (κ2) is 5.66. The molecule has 7 nitrogen and oxygen atoms in total. The van der Waals surface area contributed by atoms with Crippen molar-refractivity contribution >= 4 is 12.0 Å². The van der Waals surface area contributed by atoms with Gasteiger partial charge in [0, 0.05) is 20.2 Å². The predicted molar refractivity (Wildman–Crippen MR) is 54.0 cm³/mol. The van der Waals surface area contributed by atoms with E-state index >= 15 is 0 Å². The molecule has 1 fully saturated rings. The molecule has 0 aromatic carbocycles. The van der Waals surface area contributed by atoms with Gasteiger partial charge in [0.2, 0.25) is 0 Å². The molecule has 0 saturated carbocycles. The highest BCUT2D eigenvalue weighted by molar-refractivity contribution is 5.82. The summed E-state index contributed by atoms with van der Waals surface area (Å²) in [7, 11) is 1.57. The first kappa shape index (κ1) is 12.7. The molecule has 2 atom stereocenters. The number of aliphatic hydroxyl groups is 1. The molecule has 16 heavy (non-hydrogen) atoms. The van der Waals surface area contributed by atoms with Gasteiger partial charge in [0.25, 0.3) is 0 Å². The first-order valence-electron chi connectivity index (χ1n) is 5.00. The van der Waals surface area contributed by atoms with Crippen LogP contribution in [0.4, 0.5) is 4.79 Å². The molecule has 2 amide bonds. The van der Waals surface area contributed by atoms with Gasteiger partial charge in [0.15, 0.2) is 6.04 Å². The third kappa shape index (κ3) is 3.07. The van der Waals surface area contributed by atoms with Crippen molar-refractivity contribution in [3.63, 3.8) is 0 Å². The Morgan fingerprint density at radius 1 is 1.62 bits per heavy atom. The van der Waals surface area contributed by atoms with Crippen molar-refractivity contribution in [2.24, 2.45) is 0 Å². The number of carboxylic acids is 1. The maximum atomic E-state index is 11.6. The van der Waals surface area contributed by atoms with Gasteiger partial charge in [-0.1, -0.05) is 0 Å². The first-order chi connectivity index (χ1) is 7.58. The average molecular weight is 232 g/mol. The van der Waals surface area contributed by atoms with E-state index in [1.54, 1.807) is 7.11 Å². The van der Waals surface area contributed by atoms with E-state index in [-0.39, 0.29) is 6.10 Å². The summed E-state index contributed by atoms with van der Waals surface area (Å²) in [5.74, 6) is -1.25. The fourth-order valence-electron chi connectivity index (χ4n) is 1.53. The minimum Gasteiger partial charge on any atom is -0.480 e. The Hall–Kier alpha value is -1.34. The van der Waals surface area contributed by atoms with Crippen LogP contribution in [0, 0.1) is 0 Å². The lowest BCUT2D eigenvalue weighted by molar-refractivity contribution is -0.140. The van der Waals surface area contributed by atoms with Crippen LogP contribution in [-0.2, 0) is 9.53 Å². The Morgan fingerprint density at radius 3 is 2.75 bits per heavy atom. The van der Waals surface area contributed by atoms with Crippen LogP contribution < -0.4 is 5.32 Å². The van der Waals surface area contributed by atoms with E-state index < -0.39 is 24.6 Å². The Balaban J connectivity index is 2.43. The van der Waals surface area contributed by atoms with Crippen molar-refractivity contribution in [2.75, 3.05) is 26.8 Å². The van der Waals surface area contributed by atoms with E-state index in [0.29, 0.717) is 13.1 Å². The second-order valence-electron chi connectivity index (χ2n) is 3.62. The topological polar surface area (TPSA) is 99.1 Å². The van der Waals surface area contributed by atoms with E-state index in [1.807, 2.05) is 0 Å². The van der Waals surface area contributed by atoms with Crippen LogP contribution in [0.5, 0.6) is 0 Å². The predicted octanol–water partition coefficient (Wildman–Crippen LogP) is -1.14. The standard InChI is InChI=1S/C9H16N2O5/c1-16-6-2-3-11(4-6)9(15)10-7(5-12)8(13)14/h6-7,12H,2-5H2,1H3,(H,10,15)(H,13,14)/t6?,7-/m1/s1. The van der Waals surface area contributed by atoms with Gasteiger partial charge >= 0.3 is 12.0 Å². The molecular weight excluding hydrogens is 216 g/mol. The van der Waals surface area contributed by atoms with Crippen LogP contribution in [0.2, 0.25) is 0 Å². The van der Waals surface area contributed by atoms with E-state index in [2.05, 4.69) is 5.32 Å². The highest BCUT2D eigenvalue weighted by atomic mass is 16.5. The Bertz CT molecular complexity index is 271. The molecular formula is C9H16N2O5. The zero-order valence-corrected chi connectivity index (χ0v) is 9.05. The van der Waals surface area contributed by atoms with Gasteiger partial charge in [0.05, 0.1) is 12.7 Å². The van der Waals surface area contributed by atoms with E-state index in [0.717, 1.165) is 6.42 Å². The Labute approximate surface area is 93.0 Å². The Kier molecular flexibility index (Phi) is 4.51. The van der Waals surface area contributed by atoms with Gasteiger partial charge in [-0.3, -0.25) is 0 Å². The zero-order valence-electron chi connectivity index (χ0n) is 9.05. The molecule has 0 spiro atoms. The van der Waals surface area contributed by atoms with E-state index in [9.17, 15) is 9.59 Å². The molecule has 3 N–H and O–H groups in total. The normalized spacial score (nSPS) is 21.9. The quantitative estimate of drug-likeness (QED) is 0.569. The average Bonchev–Trinajstić information content (AvgIpc) is 2.73. The molecule has 1 aliphatic rings. The van der Waals surface area contributed by atoms with Crippen LogP contribution in [-0.4, -0.2) is 66.1 Å². The van der Waals surface area contributed by atoms with Crippen LogP contribution in [0.25, 0.3) is 0 Å². The summed E-state index contributed by atoms with van der Waals surface area (Å²) >= 11 is 0. The van der Waals surface area contributed by atoms with Crippen molar-refractivity contribution in [2.45, 2.75) is 18.6 Å². The van der Waals surface area contributed by atoms with E-state index in [1.165, 1.54) is 4.90 Å². The number of aliphatic carboxylic acids is 1. The number of carbonyl (C=O) groups excluding carboxylic acids is 1. The molecule has 1 aliphatic heterocycles. The smallest absolute Gasteiger partial charge is 0.328 e. The van der Waals surface area contributed by atoms with Crippen molar-refractivity contribution in [1.82, 2.24) is 10.2 Å². The summed E-state index contributed by atoms with van der Waals surface area (Å²) in [4.78, 5) is 23.6. The molecule has 1 saturated heterocycles. The maximum absolute atomic E-state index is 11.6. The number of carboxylic acid groups (broad SMARTS) is 1. The monoisotopic (exact) mass is 232 g/mol. The second-order valence-corrected chi connectivity index (χ2v) is 3.62. The van der Waals surface area contributed by atoms with Gasteiger partial charge < -0.3 is 25.2 Å². The van der Waals surface area contributed by atoms with Crippen molar-refractivity contribution in [3.05, 3.63) is 0 Å². The molecule has 1 rings (SSSR count). The summed E-state index contributed by atoms with van der Waals surface area (Å²) in [6, 6.07) is -1.74. The van der Waals surface area contributed by atoms with Gasteiger partial charge in [-0.25, -0.2) is 9.59 Å². The highest BCUT2D eigenvalue weighted by Crippen LogP contribution is 2.11. The highest BCUT2D eigenvalue weighted by Gasteiger charge is 2.28. The zero-order chi connectivity index (χ0) is 12.1. The summed E-state index contributed by atoms with van der Waals surface area (Å²) in [6.45, 7) is 0.352. The van der Waals surface area contributed by atoms with Crippen molar-refractivity contribution in [3.8, 4) is 0 Å². The van der Waals surface area contributed by atoms with Crippen molar-refractivity contribution < 1.29 is 24.5 Å². The molecule has 0 bridgehead atoms. The minimum atomic E-state index is -1.26. The van der Waals surface area contributed by atoms with Gasteiger partial charge in [-0.05, 0) is 6.42 Å². The number of hydrogen-bond acceptors (Lipinski definition) is 4.